The second-order valence-electron chi connectivity index (χ2n) is 7.80. The van der Waals surface area contributed by atoms with Crippen molar-refractivity contribution in [2.45, 2.75) is 44.8 Å². The number of likely N-dealkylation sites (tertiary alicyclic amines) is 1. The zero-order chi connectivity index (χ0) is 18.8. The van der Waals surface area contributed by atoms with Crippen LogP contribution in [0.15, 0.2) is 30.5 Å². The monoisotopic (exact) mass is 358 g/mol. The predicted molar refractivity (Wildman–Crippen MR) is 100 cm³/mol. The molecule has 1 aromatic carbocycles. The van der Waals surface area contributed by atoms with E-state index in [0.29, 0.717) is 38.4 Å². The molecule has 1 aliphatic heterocycles. The van der Waals surface area contributed by atoms with Crippen LogP contribution >= 0.6 is 0 Å². The Bertz CT molecular complexity index is 780. The zero-order valence-electron chi connectivity index (χ0n) is 15.5. The highest BCUT2D eigenvalue weighted by atomic mass is 16.6. The summed E-state index contributed by atoms with van der Waals surface area (Å²) in [6.07, 6.45) is 2.39. The standard InChI is InChI=1S/C19H26N4O3/c1-18(2,3)26-17(24)23-10-8-19(25,9-11-23)13-21-16-20-12-14-6-4-5-7-15(14)22-16/h4-7,12,25H,8-11,13H2,1-3H3,(H,20,21,22). The normalized spacial score (nSPS) is 17.2. The molecule has 0 radical (unpaired) electrons. The summed E-state index contributed by atoms with van der Waals surface area (Å²) >= 11 is 0. The lowest BCUT2D eigenvalue weighted by Crippen LogP contribution is -2.50. The van der Waals surface area contributed by atoms with Crippen molar-refractivity contribution in [1.82, 2.24) is 14.9 Å². The van der Waals surface area contributed by atoms with E-state index < -0.39 is 11.2 Å². The number of aromatic nitrogens is 2. The van der Waals surface area contributed by atoms with Crippen molar-refractivity contribution in [3.8, 4) is 0 Å². The first kappa shape index (κ1) is 18.4. The summed E-state index contributed by atoms with van der Waals surface area (Å²) in [7, 11) is 0. The van der Waals surface area contributed by atoms with E-state index in [2.05, 4.69) is 15.3 Å². The van der Waals surface area contributed by atoms with E-state index in [1.807, 2.05) is 45.0 Å². The van der Waals surface area contributed by atoms with Crippen molar-refractivity contribution in [3.05, 3.63) is 30.5 Å². The molecule has 7 nitrogen and oxygen atoms in total. The predicted octanol–water partition coefficient (Wildman–Crippen LogP) is 2.80. The summed E-state index contributed by atoms with van der Waals surface area (Å²) in [4.78, 5) is 22.5. The van der Waals surface area contributed by atoms with Gasteiger partial charge in [-0.25, -0.2) is 14.8 Å². The fourth-order valence-corrected chi connectivity index (χ4v) is 2.91. The minimum absolute atomic E-state index is 0.328. The summed E-state index contributed by atoms with van der Waals surface area (Å²) in [6.45, 7) is 6.81. The number of carbonyl (C=O) groups is 1. The zero-order valence-corrected chi connectivity index (χ0v) is 15.5. The van der Waals surface area contributed by atoms with Crippen LogP contribution in [0.5, 0.6) is 0 Å². The number of para-hydroxylation sites is 1. The maximum absolute atomic E-state index is 12.1. The molecule has 0 unspecified atom stereocenters. The second kappa shape index (κ2) is 7.07. The van der Waals surface area contributed by atoms with Crippen LogP contribution in [0, 0.1) is 0 Å². The van der Waals surface area contributed by atoms with Crippen molar-refractivity contribution in [2.75, 3.05) is 25.0 Å². The number of aliphatic hydroxyl groups is 1. The highest BCUT2D eigenvalue weighted by molar-refractivity contribution is 5.78. The lowest BCUT2D eigenvalue weighted by molar-refractivity contribution is -0.0245. The quantitative estimate of drug-likeness (QED) is 0.877. The van der Waals surface area contributed by atoms with Crippen molar-refractivity contribution < 1.29 is 14.6 Å². The van der Waals surface area contributed by atoms with Crippen LogP contribution in [0.3, 0.4) is 0 Å². The van der Waals surface area contributed by atoms with E-state index in [0.717, 1.165) is 10.9 Å². The van der Waals surface area contributed by atoms with Gasteiger partial charge in [0.05, 0.1) is 11.1 Å². The summed E-state index contributed by atoms with van der Waals surface area (Å²) < 4.78 is 5.39. The van der Waals surface area contributed by atoms with Crippen LogP contribution in [0.2, 0.25) is 0 Å². The van der Waals surface area contributed by atoms with Crippen LogP contribution in [-0.2, 0) is 4.74 Å². The number of piperidine rings is 1. The van der Waals surface area contributed by atoms with Crippen LogP contribution in [-0.4, -0.2) is 56.9 Å². The van der Waals surface area contributed by atoms with Crippen molar-refractivity contribution in [3.63, 3.8) is 0 Å². The van der Waals surface area contributed by atoms with E-state index in [1.165, 1.54) is 0 Å². The number of fused-ring (bicyclic) bond motifs is 1. The Kier molecular flexibility index (Phi) is 5.00. The molecule has 0 aliphatic carbocycles. The molecule has 0 atom stereocenters. The largest absolute Gasteiger partial charge is 0.444 e. The van der Waals surface area contributed by atoms with Gasteiger partial charge in [-0.3, -0.25) is 0 Å². The fourth-order valence-electron chi connectivity index (χ4n) is 2.91. The van der Waals surface area contributed by atoms with E-state index in [9.17, 15) is 9.90 Å². The lowest BCUT2D eigenvalue weighted by atomic mass is 9.91. The highest BCUT2D eigenvalue weighted by Gasteiger charge is 2.35. The third-order valence-corrected chi connectivity index (χ3v) is 4.41. The summed E-state index contributed by atoms with van der Waals surface area (Å²) in [6, 6.07) is 7.76. The van der Waals surface area contributed by atoms with Gasteiger partial charge in [0.25, 0.3) is 0 Å². The Balaban J connectivity index is 1.54. The molecular weight excluding hydrogens is 332 g/mol. The van der Waals surface area contributed by atoms with E-state index in [4.69, 9.17) is 4.74 Å². The third-order valence-electron chi connectivity index (χ3n) is 4.41. The second-order valence-corrected chi connectivity index (χ2v) is 7.80. The minimum atomic E-state index is -0.895. The summed E-state index contributed by atoms with van der Waals surface area (Å²) in [5.41, 5.74) is -0.551. The molecule has 1 fully saturated rings. The number of anilines is 1. The average molecular weight is 358 g/mol. The van der Waals surface area contributed by atoms with E-state index in [-0.39, 0.29) is 6.09 Å². The average Bonchev–Trinajstić information content (AvgIpc) is 2.59. The third kappa shape index (κ3) is 4.60. The van der Waals surface area contributed by atoms with Gasteiger partial charge in [0.1, 0.15) is 5.60 Å². The molecule has 2 heterocycles. The number of hydrogen-bond donors (Lipinski definition) is 2. The van der Waals surface area contributed by atoms with Gasteiger partial charge in [0.15, 0.2) is 0 Å². The maximum Gasteiger partial charge on any atom is 0.410 e. The number of rotatable bonds is 3. The van der Waals surface area contributed by atoms with Gasteiger partial charge in [0, 0.05) is 31.2 Å². The van der Waals surface area contributed by atoms with Crippen molar-refractivity contribution in [1.29, 1.82) is 0 Å². The molecule has 0 saturated carbocycles. The van der Waals surface area contributed by atoms with Gasteiger partial charge in [-0.05, 0) is 39.7 Å². The van der Waals surface area contributed by atoms with Gasteiger partial charge in [-0.2, -0.15) is 0 Å². The lowest BCUT2D eigenvalue weighted by Gasteiger charge is -2.38. The topological polar surface area (TPSA) is 87.6 Å². The fraction of sp³-hybridized carbons (Fsp3) is 0.526. The van der Waals surface area contributed by atoms with Gasteiger partial charge in [-0.15, -0.1) is 0 Å². The first-order valence-corrected chi connectivity index (χ1v) is 8.90. The molecule has 0 spiro atoms. The molecule has 7 heteroatoms. The molecule has 3 rings (SSSR count). The Hall–Kier alpha value is -2.41. The molecule has 2 aromatic rings. The summed E-state index contributed by atoms with van der Waals surface area (Å²) in [5, 5.41) is 14.9. The Morgan fingerprint density at radius 3 is 2.69 bits per heavy atom. The molecule has 1 aromatic heterocycles. The minimum Gasteiger partial charge on any atom is -0.444 e. The SMILES string of the molecule is CC(C)(C)OC(=O)N1CCC(O)(CNc2ncc3ccccc3n2)CC1. The number of nitrogens with one attached hydrogen (secondary N) is 1. The number of nitrogens with zero attached hydrogens (tertiary/aromatic N) is 3. The van der Waals surface area contributed by atoms with Gasteiger partial charge in [0.2, 0.25) is 5.95 Å². The number of amides is 1. The van der Waals surface area contributed by atoms with Crippen LogP contribution < -0.4 is 5.32 Å². The van der Waals surface area contributed by atoms with Gasteiger partial charge in [-0.1, -0.05) is 18.2 Å². The molecule has 140 valence electrons. The van der Waals surface area contributed by atoms with Crippen molar-refractivity contribution in [2.24, 2.45) is 0 Å². The Labute approximate surface area is 153 Å². The first-order chi connectivity index (χ1) is 12.2. The first-order valence-electron chi connectivity index (χ1n) is 8.90. The number of hydrogen-bond acceptors (Lipinski definition) is 6. The van der Waals surface area contributed by atoms with Gasteiger partial charge < -0.3 is 20.1 Å². The number of carbonyl (C=O) groups excluding carboxylic acids is 1. The number of ether oxygens (including phenoxy) is 1. The van der Waals surface area contributed by atoms with Gasteiger partial charge >= 0.3 is 6.09 Å². The molecule has 2 N–H and O–H groups in total. The number of benzene rings is 1. The molecule has 1 saturated heterocycles. The smallest absolute Gasteiger partial charge is 0.410 e. The Morgan fingerprint density at radius 1 is 1.31 bits per heavy atom. The van der Waals surface area contributed by atoms with E-state index in [1.54, 1.807) is 11.1 Å². The molecular formula is C19H26N4O3. The van der Waals surface area contributed by atoms with Crippen LogP contribution in [0.4, 0.5) is 10.7 Å². The summed E-state index contributed by atoms with van der Waals surface area (Å²) in [5.74, 6) is 0.492. The molecule has 0 bridgehead atoms. The van der Waals surface area contributed by atoms with E-state index >= 15 is 0 Å². The molecule has 1 aliphatic rings. The maximum atomic E-state index is 12.1. The van der Waals surface area contributed by atoms with Crippen LogP contribution in [0.25, 0.3) is 10.9 Å². The highest BCUT2D eigenvalue weighted by Crippen LogP contribution is 2.24. The molecule has 26 heavy (non-hydrogen) atoms. The Morgan fingerprint density at radius 2 is 2.00 bits per heavy atom. The van der Waals surface area contributed by atoms with Crippen LogP contribution in [0.1, 0.15) is 33.6 Å². The van der Waals surface area contributed by atoms with Crippen molar-refractivity contribution >= 4 is 22.9 Å². The molecule has 1 amide bonds.